The van der Waals surface area contributed by atoms with E-state index in [-0.39, 0.29) is 6.61 Å². The van der Waals surface area contributed by atoms with Gasteiger partial charge in [0.25, 0.3) is 0 Å². The van der Waals surface area contributed by atoms with Crippen molar-refractivity contribution in [3.63, 3.8) is 0 Å². The predicted molar refractivity (Wildman–Crippen MR) is 165 cm³/mol. The maximum Gasteiger partial charge on any atom is 0.0614 e. The number of rotatable bonds is 23. The summed E-state index contributed by atoms with van der Waals surface area (Å²) in [6, 6.07) is 0. The van der Waals surface area contributed by atoms with E-state index >= 15 is 0 Å². The zero-order valence-electron chi connectivity index (χ0n) is 26.0. The molecule has 36 heavy (non-hydrogen) atoms. The van der Waals surface area contributed by atoms with E-state index in [2.05, 4.69) is 67.5 Å². The van der Waals surface area contributed by atoms with Crippen LogP contribution in [0.4, 0.5) is 0 Å². The lowest BCUT2D eigenvalue weighted by molar-refractivity contribution is 0.341. The Morgan fingerprint density at radius 2 is 0.861 bits per heavy atom. The molecule has 0 aliphatic rings. The molecular formula is C35H66O. The first-order valence-electron chi connectivity index (χ1n) is 15.7. The van der Waals surface area contributed by atoms with Gasteiger partial charge in [0.05, 0.1) is 6.61 Å². The van der Waals surface area contributed by atoms with Crippen LogP contribution < -0.4 is 0 Å². The van der Waals surface area contributed by atoms with E-state index in [4.69, 9.17) is 5.11 Å². The number of hydrogen-bond acceptors (Lipinski definition) is 1. The van der Waals surface area contributed by atoms with Crippen LogP contribution in [-0.4, -0.2) is 11.7 Å². The van der Waals surface area contributed by atoms with Gasteiger partial charge < -0.3 is 5.11 Å². The van der Waals surface area contributed by atoms with E-state index in [9.17, 15) is 0 Å². The standard InChI is InChI=1S/C35H66O/c1-29(2)15-9-16-30(3)17-10-18-31(4)19-11-20-32(5)21-12-22-33(6)23-13-24-34(7)25-14-26-35(8)27-28-36/h23,25,27,29-32,36H,9-22,24,26,28H2,1-8H3. The molecule has 0 saturated carbocycles. The molecule has 0 aromatic heterocycles. The van der Waals surface area contributed by atoms with Gasteiger partial charge in [-0.3, -0.25) is 0 Å². The summed E-state index contributed by atoms with van der Waals surface area (Å²) in [5.74, 6) is 3.57. The summed E-state index contributed by atoms with van der Waals surface area (Å²) in [5.41, 5.74) is 4.35. The molecule has 0 saturated heterocycles. The molecule has 0 rings (SSSR count). The number of aliphatic hydroxyl groups excluding tert-OH is 1. The average Bonchev–Trinajstić information content (AvgIpc) is 2.79. The molecule has 3 atom stereocenters. The lowest BCUT2D eigenvalue weighted by Crippen LogP contribution is -2.01. The van der Waals surface area contributed by atoms with Crippen molar-refractivity contribution in [2.75, 3.05) is 6.61 Å². The topological polar surface area (TPSA) is 20.2 Å². The van der Waals surface area contributed by atoms with Gasteiger partial charge in [0.1, 0.15) is 0 Å². The first-order chi connectivity index (χ1) is 17.1. The zero-order valence-corrected chi connectivity index (χ0v) is 26.0. The van der Waals surface area contributed by atoms with Crippen LogP contribution in [0.3, 0.4) is 0 Å². The molecule has 0 aromatic carbocycles. The Bertz CT molecular complexity index is 594. The summed E-state index contributed by atoms with van der Waals surface area (Å²) in [7, 11) is 0. The lowest BCUT2D eigenvalue weighted by atomic mass is 9.90. The van der Waals surface area contributed by atoms with Gasteiger partial charge in [-0.05, 0) is 83.0 Å². The number of allylic oxidation sites excluding steroid dienone is 5. The first-order valence-corrected chi connectivity index (χ1v) is 15.7. The van der Waals surface area contributed by atoms with Crippen molar-refractivity contribution in [2.45, 2.75) is 158 Å². The quantitative estimate of drug-likeness (QED) is 0.138. The third-order valence-electron chi connectivity index (χ3n) is 8.04. The van der Waals surface area contributed by atoms with Crippen LogP contribution in [0.2, 0.25) is 0 Å². The van der Waals surface area contributed by atoms with E-state index < -0.39 is 0 Å². The minimum Gasteiger partial charge on any atom is -0.392 e. The molecule has 0 radical (unpaired) electrons. The monoisotopic (exact) mass is 503 g/mol. The van der Waals surface area contributed by atoms with Gasteiger partial charge in [0, 0.05) is 0 Å². The fraction of sp³-hybridized carbons (Fsp3) is 0.829. The summed E-state index contributed by atoms with van der Waals surface area (Å²) in [6.07, 6.45) is 28.0. The van der Waals surface area contributed by atoms with Crippen molar-refractivity contribution >= 4 is 0 Å². The van der Waals surface area contributed by atoms with Crippen molar-refractivity contribution in [1.29, 1.82) is 0 Å². The van der Waals surface area contributed by atoms with Crippen LogP contribution in [0.25, 0.3) is 0 Å². The third-order valence-corrected chi connectivity index (χ3v) is 8.04. The van der Waals surface area contributed by atoms with Crippen LogP contribution in [0.5, 0.6) is 0 Å². The molecule has 0 spiro atoms. The van der Waals surface area contributed by atoms with E-state index in [1.54, 1.807) is 5.57 Å². The molecule has 1 N–H and O–H groups in total. The van der Waals surface area contributed by atoms with Crippen LogP contribution in [0.1, 0.15) is 158 Å². The Morgan fingerprint density at radius 3 is 1.28 bits per heavy atom. The smallest absolute Gasteiger partial charge is 0.0614 e. The molecule has 0 aliphatic carbocycles. The Labute approximate surface area is 228 Å². The average molecular weight is 503 g/mol. The van der Waals surface area contributed by atoms with Gasteiger partial charge >= 0.3 is 0 Å². The predicted octanol–water partition coefficient (Wildman–Crippen LogP) is 11.6. The second kappa shape index (κ2) is 23.3. The maximum atomic E-state index is 8.93. The molecule has 212 valence electrons. The summed E-state index contributed by atoms with van der Waals surface area (Å²) in [6.45, 7) is 18.9. The van der Waals surface area contributed by atoms with Crippen LogP contribution >= 0.6 is 0 Å². The van der Waals surface area contributed by atoms with Gasteiger partial charge in [0.2, 0.25) is 0 Å². The molecule has 0 aliphatic heterocycles. The molecule has 1 heteroatoms. The SMILES string of the molecule is CC(=CCO)CCC=C(C)CCC=C(C)CCCC(C)CCCC(C)CCCC(C)CCCC(C)C. The first kappa shape index (κ1) is 35.2. The molecular weight excluding hydrogens is 436 g/mol. The van der Waals surface area contributed by atoms with E-state index in [0.29, 0.717) is 0 Å². The highest BCUT2D eigenvalue weighted by atomic mass is 16.2. The molecule has 3 unspecified atom stereocenters. The molecule has 0 bridgehead atoms. The lowest BCUT2D eigenvalue weighted by Gasteiger charge is -2.16. The second-order valence-electron chi connectivity index (χ2n) is 12.8. The van der Waals surface area contributed by atoms with Gasteiger partial charge in [-0.2, -0.15) is 0 Å². The Balaban J connectivity index is 3.82. The number of hydrogen-bond donors (Lipinski definition) is 1. The molecule has 0 aromatic rings. The zero-order chi connectivity index (χ0) is 27.2. The van der Waals surface area contributed by atoms with Crippen molar-refractivity contribution in [3.8, 4) is 0 Å². The van der Waals surface area contributed by atoms with Crippen LogP contribution in [0.15, 0.2) is 34.9 Å². The fourth-order valence-corrected chi connectivity index (χ4v) is 5.22. The molecule has 0 amide bonds. The normalized spacial score (nSPS) is 16.0. The summed E-state index contributed by atoms with van der Waals surface area (Å²) in [5, 5.41) is 8.93. The second-order valence-corrected chi connectivity index (χ2v) is 12.8. The highest BCUT2D eigenvalue weighted by molar-refractivity contribution is 5.06. The Hall–Kier alpha value is -0.820. The van der Waals surface area contributed by atoms with E-state index in [1.807, 2.05) is 6.08 Å². The molecule has 0 heterocycles. The third kappa shape index (κ3) is 23.6. The van der Waals surface area contributed by atoms with Gasteiger partial charge in [0.15, 0.2) is 0 Å². The number of aliphatic hydroxyl groups is 1. The molecule has 1 nitrogen and oxygen atoms in total. The fourth-order valence-electron chi connectivity index (χ4n) is 5.22. The van der Waals surface area contributed by atoms with E-state index in [1.165, 1.54) is 101 Å². The highest BCUT2D eigenvalue weighted by Gasteiger charge is 2.08. The molecule has 0 fully saturated rings. The van der Waals surface area contributed by atoms with Crippen molar-refractivity contribution in [1.82, 2.24) is 0 Å². The van der Waals surface area contributed by atoms with Gasteiger partial charge in [-0.1, -0.05) is 134 Å². The summed E-state index contributed by atoms with van der Waals surface area (Å²) in [4.78, 5) is 0. The maximum absolute atomic E-state index is 8.93. The van der Waals surface area contributed by atoms with Crippen LogP contribution in [0, 0.1) is 23.7 Å². The minimum atomic E-state index is 0.162. The van der Waals surface area contributed by atoms with E-state index in [0.717, 1.165) is 36.5 Å². The summed E-state index contributed by atoms with van der Waals surface area (Å²) >= 11 is 0. The summed E-state index contributed by atoms with van der Waals surface area (Å²) < 4.78 is 0. The van der Waals surface area contributed by atoms with Gasteiger partial charge in [-0.25, -0.2) is 0 Å². The van der Waals surface area contributed by atoms with Crippen LogP contribution in [-0.2, 0) is 0 Å². The Morgan fingerprint density at radius 1 is 0.500 bits per heavy atom. The minimum absolute atomic E-state index is 0.162. The highest BCUT2D eigenvalue weighted by Crippen LogP contribution is 2.24. The van der Waals surface area contributed by atoms with Crippen molar-refractivity contribution in [2.24, 2.45) is 23.7 Å². The largest absolute Gasteiger partial charge is 0.392 e. The van der Waals surface area contributed by atoms with Crippen molar-refractivity contribution < 1.29 is 5.11 Å². The van der Waals surface area contributed by atoms with Gasteiger partial charge in [-0.15, -0.1) is 0 Å². The van der Waals surface area contributed by atoms with Crippen molar-refractivity contribution in [3.05, 3.63) is 34.9 Å². The Kier molecular flexibility index (Phi) is 22.8.